The highest BCUT2D eigenvalue weighted by Crippen LogP contribution is 2.24. The Kier molecular flexibility index (Phi) is 5.29. The molecule has 5 heteroatoms. The van der Waals surface area contributed by atoms with E-state index >= 15 is 0 Å². The number of allylic oxidation sites excluding steroid dienone is 1. The fourth-order valence-electron chi connectivity index (χ4n) is 1.81. The van der Waals surface area contributed by atoms with E-state index in [2.05, 4.69) is 11.9 Å². The average Bonchev–Trinajstić information content (AvgIpc) is 2.37. The van der Waals surface area contributed by atoms with Gasteiger partial charge in [0.1, 0.15) is 0 Å². The van der Waals surface area contributed by atoms with Crippen molar-refractivity contribution in [1.82, 2.24) is 0 Å². The van der Waals surface area contributed by atoms with Crippen LogP contribution in [0.1, 0.15) is 16.8 Å². The number of ketones is 1. The minimum Gasteiger partial charge on any atom is -0.359 e. The van der Waals surface area contributed by atoms with Gasteiger partial charge in [0, 0.05) is 32.0 Å². The normalized spacial score (nSPS) is 10.2. The smallest absolute Gasteiger partial charge is 0.168 e. The summed E-state index contributed by atoms with van der Waals surface area (Å²) in [6.07, 6.45) is 0.172. The summed E-state index contributed by atoms with van der Waals surface area (Å²) < 4.78 is 0. The number of anilines is 1. The van der Waals surface area contributed by atoms with E-state index in [-0.39, 0.29) is 12.2 Å². The van der Waals surface area contributed by atoms with Crippen molar-refractivity contribution < 1.29 is 4.79 Å². The predicted molar refractivity (Wildman–Crippen MR) is 89.6 cm³/mol. The van der Waals surface area contributed by atoms with E-state index < -0.39 is 0 Å². The molecule has 2 rings (SSSR count). The number of hydrogen-bond acceptors (Lipinski definition) is 2. The average molecular weight is 341 g/mol. The van der Waals surface area contributed by atoms with Crippen molar-refractivity contribution in [2.24, 2.45) is 0 Å². The molecule has 2 nitrogen and oxygen atoms in total. The second-order valence-corrected chi connectivity index (χ2v) is 5.80. The van der Waals surface area contributed by atoms with E-state index in [1.807, 2.05) is 0 Å². The topological polar surface area (TPSA) is 29.1 Å². The molecule has 0 atom stereocenters. The van der Waals surface area contributed by atoms with Gasteiger partial charge in [-0.15, -0.1) is 0 Å². The monoisotopic (exact) mass is 339 g/mol. The van der Waals surface area contributed by atoms with Crippen LogP contribution in [0, 0.1) is 0 Å². The maximum atomic E-state index is 12.1. The van der Waals surface area contributed by atoms with Crippen molar-refractivity contribution in [1.29, 1.82) is 0 Å². The number of carbonyl (C=O) groups excluding carboxylic acids is 1. The maximum Gasteiger partial charge on any atom is 0.168 e. The largest absolute Gasteiger partial charge is 0.359 e. The van der Waals surface area contributed by atoms with Gasteiger partial charge in [0.2, 0.25) is 0 Å². The van der Waals surface area contributed by atoms with E-state index in [1.165, 1.54) is 0 Å². The number of nitrogens with one attached hydrogen (secondary N) is 1. The quantitative estimate of drug-likeness (QED) is 0.692. The van der Waals surface area contributed by atoms with Gasteiger partial charge < -0.3 is 5.32 Å². The number of Topliss-reactive ketones (excluding diaryl/α,β-unsaturated/α-hetero) is 1. The molecule has 2 aromatic rings. The van der Waals surface area contributed by atoms with Gasteiger partial charge in [-0.2, -0.15) is 0 Å². The second-order valence-electron chi connectivity index (χ2n) is 4.49. The van der Waals surface area contributed by atoms with E-state index in [9.17, 15) is 4.79 Å². The number of halogens is 3. The molecule has 0 saturated heterocycles. The van der Waals surface area contributed by atoms with Gasteiger partial charge in [-0.05, 0) is 42.5 Å². The van der Waals surface area contributed by atoms with Crippen LogP contribution in [0.3, 0.4) is 0 Å². The first-order valence-corrected chi connectivity index (χ1v) is 7.27. The van der Waals surface area contributed by atoms with Crippen LogP contribution in [0.25, 0.3) is 0 Å². The third-order valence-electron chi connectivity index (χ3n) is 2.72. The van der Waals surface area contributed by atoms with Crippen LogP contribution in [-0.4, -0.2) is 5.78 Å². The number of carbonyl (C=O) groups is 1. The summed E-state index contributed by atoms with van der Waals surface area (Å²) in [5.41, 5.74) is 1.85. The van der Waals surface area contributed by atoms with Crippen molar-refractivity contribution in [2.45, 2.75) is 6.42 Å². The molecule has 0 fully saturated rings. The number of rotatable bonds is 5. The molecular weight excluding hydrogens is 329 g/mol. The van der Waals surface area contributed by atoms with Crippen molar-refractivity contribution in [3.8, 4) is 0 Å². The first kappa shape index (κ1) is 15.9. The van der Waals surface area contributed by atoms with Gasteiger partial charge in [0.25, 0.3) is 0 Å². The third-order valence-corrected chi connectivity index (χ3v) is 3.41. The molecule has 0 saturated carbocycles. The zero-order chi connectivity index (χ0) is 15.4. The van der Waals surface area contributed by atoms with E-state index in [4.69, 9.17) is 34.8 Å². The van der Waals surface area contributed by atoms with Crippen molar-refractivity contribution in [3.05, 3.63) is 75.4 Å². The summed E-state index contributed by atoms with van der Waals surface area (Å²) in [6, 6.07) is 11.8. The Hall–Kier alpha value is -1.48. The molecule has 0 radical (unpaired) electrons. The predicted octanol–water partition coefficient (Wildman–Crippen LogP) is 5.85. The van der Waals surface area contributed by atoms with Crippen LogP contribution in [-0.2, 0) is 0 Å². The fraction of sp³-hybridized carbons (Fsp3) is 0.0625. The van der Waals surface area contributed by atoms with Gasteiger partial charge in [-0.1, -0.05) is 41.4 Å². The third kappa shape index (κ3) is 4.78. The summed E-state index contributed by atoms with van der Waals surface area (Å²) in [5, 5.41) is 4.65. The molecule has 0 aliphatic rings. The van der Waals surface area contributed by atoms with E-state index in [0.717, 1.165) is 0 Å². The van der Waals surface area contributed by atoms with Gasteiger partial charge >= 0.3 is 0 Å². The summed E-state index contributed by atoms with van der Waals surface area (Å²) in [6.45, 7) is 3.85. The zero-order valence-corrected chi connectivity index (χ0v) is 13.3. The highest BCUT2D eigenvalue weighted by molar-refractivity contribution is 6.35. The zero-order valence-electron chi connectivity index (χ0n) is 11.0. The fourth-order valence-corrected chi connectivity index (χ4v) is 2.46. The van der Waals surface area contributed by atoms with Gasteiger partial charge in [0.15, 0.2) is 5.78 Å². The molecule has 0 aliphatic heterocycles. The lowest BCUT2D eigenvalue weighted by Gasteiger charge is -2.10. The SMILES string of the molecule is C=C(CC(=O)c1ccc(Cl)cc1)Nc1cc(Cl)cc(Cl)c1. The van der Waals surface area contributed by atoms with Crippen molar-refractivity contribution >= 4 is 46.3 Å². The Morgan fingerprint density at radius 2 is 1.52 bits per heavy atom. The molecule has 1 N–H and O–H groups in total. The maximum absolute atomic E-state index is 12.1. The summed E-state index contributed by atoms with van der Waals surface area (Å²) >= 11 is 17.6. The molecule has 21 heavy (non-hydrogen) atoms. The Morgan fingerprint density at radius 1 is 0.952 bits per heavy atom. The molecule has 2 aromatic carbocycles. The Balaban J connectivity index is 2.01. The van der Waals surface area contributed by atoms with Gasteiger partial charge in [-0.25, -0.2) is 0 Å². The summed E-state index contributed by atoms with van der Waals surface area (Å²) in [7, 11) is 0. The first-order valence-electron chi connectivity index (χ1n) is 6.14. The lowest BCUT2D eigenvalue weighted by atomic mass is 10.1. The minimum absolute atomic E-state index is 0.0442. The Labute approximate surface area is 138 Å². The standard InChI is InChI=1S/C16H12Cl3NO/c1-10(20-15-8-13(18)7-14(19)9-15)6-16(21)11-2-4-12(17)5-3-11/h2-5,7-9,20H,1,6H2. The van der Waals surface area contributed by atoms with Crippen LogP contribution in [0.4, 0.5) is 5.69 Å². The highest BCUT2D eigenvalue weighted by Gasteiger charge is 2.08. The highest BCUT2D eigenvalue weighted by atomic mass is 35.5. The molecular formula is C16H12Cl3NO. The van der Waals surface area contributed by atoms with E-state index in [0.29, 0.717) is 32.0 Å². The molecule has 0 unspecified atom stereocenters. The Bertz CT molecular complexity index is 660. The van der Waals surface area contributed by atoms with E-state index in [1.54, 1.807) is 42.5 Å². The van der Waals surface area contributed by atoms with Crippen molar-refractivity contribution in [2.75, 3.05) is 5.32 Å². The molecule has 0 amide bonds. The molecule has 0 bridgehead atoms. The van der Waals surface area contributed by atoms with Crippen LogP contribution in [0.2, 0.25) is 15.1 Å². The second kappa shape index (κ2) is 6.99. The number of hydrogen-bond donors (Lipinski definition) is 1. The summed E-state index contributed by atoms with van der Waals surface area (Å²) in [5.74, 6) is -0.0442. The van der Waals surface area contributed by atoms with Crippen LogP contribution >= 0.6 is 34.8 Å². The number of benzene rings is 2. The van der Waals surface area contributed by atoms with Gasteiger partial charge in [0.05, 0.1) is 6.42 Å². The van der Waals surface area contributed by atoms with Crippen LogP contribution in [0.15, 0.2) is 54.7 Å². The molecule has 0 heterocycles. The molecule has 0 aliphatic carbocycles. The molecule has 108 valence electrons. The minimum atomic E-state index is -0.0442. The summed E-state index contributed by atoms with van der Waals surface area (Å²) in [4.78, 5) is 12.1. The molecule has 0 aromatic heterocycles. The lowest BCUT2D eigenvalue weighted by Crippen LogP contribution is -2.06. The van der Waals surface area contributed by atoms with Gasteiger partial charge in [-0.3, -0.25) is 4.79 Å². The first-order chi connectivity index (χ1) is 9.94. The Morgan fingerprint density at radius 3 is 2.10 bits per heavy atom. The van der Waals surface area contributed by atoms with Crippen LogP contribution in [0.5, 0.6) is 0 Å². The molecule has 0 spiro atoms. The van der Waals surface area contributed by atoms with Crippen LogP contribution < -0.4 is 5.32 Å². The van der Waals surface area contributed by atoms with Crippen molar-refractivity contribution in [3.63, 3.8) is 0 Å². The lowest BCUT2D eigenvalue weighted by molar-refractivity contribution is 0.0993.